The van der Waals surface area contributed by atoms with Crippen LogP contribution in [0, 0.1) is 0 Å². The molecule has 10 heteroatoms. The third kappa shape index (κ3) is 6.13. The van der Waals surface area contributed by atoms with Gasteiger partial charge >= 0.3 is 0 Å². The van der Waals surface area contributed by atoms with Crippen molar-refractivity contribution in [2.75, 3.05) is 18.3 Å². The van der Waals surface area contributed by atoms with Crippen LogP contribution in [-0.4, -0.2) is 41.3 Å². The lowest BCUT2D eigenvalue weighted by atomic mass is 10.1. The molecule has 1 saturated heterocycles. The molecule has 35 heavy (non-hydrogen) atoms. The molecule has 0 saturated carbocycles. The number of aryl methyl sites for hydroxylation is 1. The summed E-state index contributed by atoms with van der Waals surface area (Å²) in [6.45, 7) is 4.75. The van der Waals surface area contributed by atoms with Gasteiger partial charge in [-0.1, -0.05) is 24.8 Å². The minimum Gasteiger partial charge on any atom is -0.494 e. The number of rotatable bonds is 9. The maximum atomic E-state index is 12.9. The molecular formula is C25H28N4O5S. The Morgan fingerprint density at radius 3 is 2.69 bits per heavy atom. The Bertz CT molecular complexity index is 1150. The van der Waals surface area contributed by atoms with Gasteiger partial charge in [0.05, 0.1) is 12.3 Å². The predicted molar refractivity (Wildman–Crippen MR) is 136 cm³/mol. The van der Waals surface area contributed by atoms with E-state index in [0.29, 0.717) is 24.5 Å². The molecule has 2 aromatic carbocycles. The average Bonchev–Trinajstić information content (AvgIpc) is 3.43. The number of thioether (sulfide) groups is 1. The molecule has 2 heterocycles. The molecule has 9 nitrogen and oxygen atoms in total. The fourth-order valence-corrected chi connectivity index (χ4v) is 4.47. The third-order valence-corrected chi connectivity index (χ3v) is 6.44. The van der Waals surface area contributed by atoms with Crippen LogP contribution >= 0.6 is 11.8 Å². The summed E-state index contributed by atoms with van der Waals surface area (Å²) in [6.07, 6.45) is 2.41. The molecule has 1 unspecified atom stereocenters. The Balaban J connectivity index is 1.31. The Hall–Kier alpha value is -3.53. The Morgan fingerprint density at radius 1 is 1.14 bits per heavy atom. The smallest absolute Gasteiger partial charge is 0.247 e. The van der Waals surface area contributed by atoms with Gasteiger partial charge in [0.2, 0.25) is 18.6 Å². The quantitative estimate of drug-likeness (QED) is 0.242. The van der Waals surface area contributed by atoms with Crippen LogP contribution in [0.2, 0.25) is 0 Å². The molecule has 2 amide bonds. The average molecular weight is 497 g/mol. The number of imide groups is 1. The number of fused-ring (bicyclic) bond motifs is 1. The van der Waals surface area contributed by atoms with Crippen molar-refractivity contribution in [3.05, 3.63) is 48.0 Å². The van der Waals surface area contributed by atoms with Gasteiger partial charge in [-0.2, -0.15) is 5.10 Å². The van der Waals surface area contributed by atoms with Crippen molar-refractivity contribution in [1.29, 1.82) is 0 Å². The molecule has 0 aliphatic carbocycles. The number of ether oxygens (including phenoxy) is 3. The summed E-state index contributed by atoms with van der Waals surface area (Å²) in [5, 5.41) is 7.75. The number of amides is 2. The maximum absolute atomic E-state index is 12.9. The second kappa shape index (κ2) is 11.3. The second-order valence-electron chi connectivity index (χ2n) is 8.18. The zero-order valence-electron chi connectivity index (χ0n) is 19.7. The van der Waals surface area contributed by atoms with Crippen molar-refractivity contribution < 1.29 is 23.8 Å². The normalized spacial score (nSPS) is 17.9. The van der Waals surface area contributed by atoms with E-state index < -0.39 is 5.25 Å². The number of amidine groups is 1. The third-order valence-electron chi connectivity index (χ3n) is 5.47. The Labute approximate surface area is 208 Å². The highest BCUT2D eigenvalue weighted by molar-refractivity contribution is 8.14. The van der Waals surface area contributed by atoms with Gasteiger partial charge in [-0.05, 0) is 68.1 Å². The van der Waals surface area contributed by atoms with E-state index in [1.807, 2.05) is 32.0 Å². The van der Waals surface area contributed by atoms with Gasteiger partial charge in [-0.25, -0.2) is 4.90 Å². The van der Waals surface area contributed by atoms with Crippen molar-refractivity contribution in [2.24, 2.45) is 15.9 Å². The standard InChI is InChI=1S/C25H28N4O5S/c1-3-12-32-19-9-7-18(8-10-19)29-23(30)14-22(24(29)31)35-25(26)28-27-16(2)4-5-17-6-11-20-21(13-17)34-15-33-20/h6-11,13,22H,3-5,12,14-15H2,1-2H3,(H2,26,28)/b27-16+. The summed E-state index contributed by atoms with van der Waals surface area (Å²) in [6, 6.07) is 12.8. The first kappa shape index (κ1) is 24.6. The number of benzene rings is 2. The minimum atomic E-state index is -0.633. The highest BCUT2D eigenvalue weighted by Gasteiger charge is 2.40. The number of carbonyl (C=O) groups is 2. The Morgan fingerprint density at radius 2 is 1.91 bits per heavy atom. The molecular weight excluding hydrogens is 468 g/mol. The van der Waals surface area contributed by atoms with Crippen LogP contribution in [0.5, 0.6) is 17.2 Å². The van der Waals surface area contributed by atoms with Crippen LogP contribution in [-0.2, 0) is 16.0 Å². The maximum Gasteiger partial charge on any atom is 0.247 e. The van der Waals surface area contributed by atoms with Crippen molar-refractivity contribution in [2.45, 2.75) is 44.8 Å². The summed E-state index contributed by atoms with van der Waals surface area (Å²) < 4.78 is 16.3. The summed E-state index contributed by atoms with van der Waals surface area (Å²) in [4.78, 5) is 26.6. The van der Waals surface area contributed by atoms with E-state index in [9.17, 15) is 9.59 Å². The van der Waals surface area contributed by atoms with Gasteiger partial charge in [0.25, 0.3) is 0 Å². The fourth-order valence-electron chi connectivity index (χ4n) is 3.65. The van der Waals surface area contributed by atoms with Gasteiger partial charge in [0.1, 0.15) is 11.0 Å². The molecule has 2 aliphatic heterocycles. The first-order valence-corrected chi connectivity index (χ1v) is 12.3. The molecule has 4 rings (SSSR count). The molecule has 0 bridgehead atoms. The van der Waals surface area contributed by atoms with Crippen molar-refractivity contribution in [3.63, 3.8) is 0 Å². The topological polar surface area (TPSA) is 116 Å². The fraction of sp³-hybridized carbons (Fsp3) is 0.360. The monoisotopic (exact) mass is 496 g/mol. The molecule has 2 aliphatic rings. The van der Waals surface area contributed by atoms with Gasteiger partial charge in [0, 0.05) is 12.1 Å². The first-order chi connectivity index (χ1) is 16.9. The minimum absolute atomic E-state index is 0.0562. The largest absolute Gasteiger partial charge is 0.494 e. The van der Waals surface area contributed by atoms with Gasteiger partial charge in [-0.3, -0.25) is 9.59 Å². The molecule has 2 N–H and O–H groups in total. The highest BCUT2D eigenvalue weighted by Crippen LogP contribution is 2.33. The second-order valence-corrected chi connectivity index (χ2v) is 9.40. The molecule has 1 fully saturated rings. The van der Waals surface area contributed by atoms with Crippen LogP contribution < -0.4 is 24.8 Å². The van der Waals surface area contributed by atoms with E-state index in [4.69, 9.17) is 19.9 Å². The molecule has 1 atom stereocenters. The van der Waals surface area contributed by atoms with Crippen LogP contribution in [0.1, 0.15) is 38.7 Å². The molecule has 184 valence electrons. The lowest BCUT2D eigenvalue weighted by molar-refractivity contribution is -0.121. The Kier molecular flexibility index (Phi) is 7.91. The molecule has 2 aromatic rings. The van der Waals surface area contributed by atoms with Crippen LogP contribution in [0.3, 0.4) is 0 Å². The number of nitrogens with zero attached hydrogens (tertiary/aromatic N) is 3. The van der Waals surface area contributed by atoms with Crippen molar-refractivity contribution in [3.8, 4) is 17.2 Å². The first-order valence-electron chi connectivity index (χ1n) is 11.5. The number of carbonyl (C=O) groups excluding carboxylic acids is 2. The summed E-state index contributed by atoms with van der Waals surface area (Å²) in [7, 11) is 0. The summed E-state index contributed by atoms with van der Waals surface area (Å²) in [5.74, 6) is 1.62. The number of nitrogens with two attached hydrogens (primary N) is 1. The number of hydrogen-bond donors (Lipinski definition) is 1. The zero-order chi connectivity index (χ0) is 24.8. The van der Waals surface area contributed by atoms with Gasteiger partial charge in [0.15, 0.2) is 16.7 Å². The van der Waals surface area contributed by atoms with E-state index in [0.717, 1.165) is 47.4 Å². The molecule has 0 spiro atoms. The van der Waals surface area contributed by atoms with Crippen LogP contribution in [0.15, 0.2) is 52.7 Å². The SMILES string of the molecule is CCCOc1ccc(N2C(=O)CC(S/C(N)=N/N=C(\C)CCc3ccc4c(c3)OCO4)C2=O)cc1. The van der Waals surface area contributed by atoms with Crippen molar-refractivity contribution in [1.82, 2.24) is 0 Å². The van der Waals surface area contributed by atoms with Crippen LogP contribution in [0.25, 0.3) is 0 Å². The van der Waals surface area contributed by atoms with Gasteiger partial charge in [-0.15, -0.1) is 5.10 Å². The van der Waals surface area contributed by atoms with E-state index in [2.05, 4.69) is 10.2 Å². The lowest BCUT2D eigenvalue weighted by Crippen LogP contribution is -2.31. The van der Waals surface area contributed by atoms with Crippen LogP contribution in [0.4, 0.5) is 5.69 Å². The van der Waals surface area contributed by atoms with E-state index in [-0.39, 0.29) is 30.2 Å². The number of anilines is 1. The number of hydrogen-bond acceptors (Lipinski definition) is 8. The summed E-state index contributed by atoms with van der Waals surface area (Å²) in [5.41, 5.74) is 8.42. The lowest BCUT2D eigenvalue weighted by Gasteiger charge is -2.15. The van der Waals surface area contributed by atoms with Gasteiger partial charge < -0.3 is 19.9 Å². The molecule has 0 aromatic heterocycles. The predicted octanol–water partition coefficient (Wildman–Crippen LogP) is 3.89. The van der Waals surface area contributed by atoms with Crippen molar-refractivity contribution >= 4 is 40.1 Å². The highest BCUT2D eigenvalue weighted by atomic mass is 32.2. The van der Waals surface area contributed by atoms with E-state index in [1.165, 1.54) is 4.90 Å². The molecule has 0 radical (unpaired) electrons. The van der Waals surface area contributed by atoms with E-state index in [1.54, 1.807) is 24.3 Å². The zero-order valence-corrected chi connectivity index (χ0v) is 20.5. The summed E-state index contributed by atoms with van der Waals surface area (Å²) >= 11 is 1.06. The van der Waals surface area contributed by atoms with E-state index >= 15 is 0 Å².